The normalized spacial score (nSPS) is 34.4. The molecule has 5 unspecified atom stereocenters. The number of anilines is 1. The second-order valence-corrected chi connectivity index (χ2v) is 14.2. The maximum Gasteiger partial charge on any atom is 0.472 e. The van der Waals surface area contributed by atoms with Gasteiger partial charge >= 0.3 is 21.8 Å². The molecular formula is C26H29F3N6O12P2. The Kier molecular flexibility index (Phi) is 8.98. The van der Waals surface area contributed by atoms with Crippen LogP contribution < -0.4 is 11.3 Å². The third-order valence-electron chi connectivity index (χ3n) is 8.15. The monoisotopic (exact) mass is 736 g/mol. The van der Waals surface area contributed by atoms with Gasteiger partial charge < -0.3 is 34.3 Å². The van der Waals surface area contributed by atoms with E-state index >= 15 is 0 Å². The predicted molar refractivity (Wildman–Crippen MR) is 159 cm³/mol. The van der Waals surface area contributed by atoms with E-state index in [0.29, 0.717) is 0 Å². The number of hydrogen-bond acceptors (Lipinski definition) is 13. The number of hydrogen-bond donors (Lipinski definition) is 4. The molecular weight excluding hydrogens is 707 g/mol. The molecule has 0 amide bonds. The number of rotatable bonds is 5. The average molecular weight is 736 g/mol. The highest BCUT2D eigenvalue weighted by atomic mass is 31.2. The van der Waals surface area contributed by atoms with Gasteiger partial charge in [0.05, 0.1) is 38.1 Å². The fourth-order valence-electron chi connectivity index (χ4n) is 6.03. The number of aromatic amines is 1. The fourth-order valence-corrected chi connectivity index (χ4v) is 7.92. The second-order valence-electron chi connectivity index (χ2n) is 11.4. The lowest BCUT2D eigenvalue weighted by Gasteiger charge is -2.27. The molecule has 18 nitrogen and oxygen atoms in total. The summed E-state index contributed by atoms with van der Waals surface area (Å²) in [6.45, 7) is -2.49. The first-order chi connectivity index (χ1) is 23.2. The van der Waals surface area contributed by atoms with E-state index in [0.717, 1.165) is 21.8 Å². The second kappa shape index (κ2) is 12.8. The summed E-state index contributed by atoms with van der Waals surface area (Å²) >= 11 is 0. The Bertz CT molecular complexity index is 2010. The van der Waals surface area contributed by atoms with Crippen LogP contribution in [0.15, 0.2) is 47.7 Å². The molecule has 3 aliphatic rings. The molecule has 266 valence electrons. The van der Waals surface area contributed by atoms with Gasteiger partial charge in [-0.2, -0.15) is 18.2 Å². The number of H-pyrrole nitrogens is 1. The summed E-state index contributed by atoms with van der Waals surface area (Å²) in [6.07, 6.45) is -12.9. The number of nitrogen functional groups attached to an aromatic ring is 1. The third-order valence-corrected chi connectivity index (χ3v) is 10.2. The molecule has 9 atom stereocenters. The molecule has 6 heterocycles. The number of phosphoric acid groups is 2. The number of nitrogens with two attached hydrogens (primary N) is 1. The van der Waals surface area contributed by atoms with Crippen LogP contribution in [-0.2, 0) is 41.4 Å². The molecule has 4 aromatic rings. The van der Waals surface area contributed by atoms with Gasteiger partial charge in [0.25, 0.3) is 5.56 Å². The van der Waals surface area contributed by atoms with E-state index in [1.54, 1.807) is 10.8 Å². The molecule has 7 rings (SSSR count). The zero-order chi connectivity index (χ0) is 34.7. The van der Waals surface area contributed by atoms with Crippen molar-refractivity contribution in [2.75, 3.05) is 25.6 Å². The standard InChI is InChI=1S/C26H29F3N6O12P2/c27-26(28,29)6-8-41-20-17-11-43-48(37,38)46-15-9-18(34-7-5-13-3-1-2-4-14(13)34)44-16(15)10-42-49(39,40)47-21(20)24(45-17)35-12-31-19-22(35)32-25(30)33-23(19)36/h1-5,7,12,15-18,20-21,24H,6,8-11H2,(H,37,38)(H,39,40)(H3,30,32,33,36)/t15?,16-,17-,18-,20?,21?,24-/m1/s1. The number of imidazole rings is 1. The number of aromatic nitrogens is 5. The molecule has 0 spiro atoms. The fraction of sp³-hybridized carbons (Fsp3) is 0.500. The van der Waals surface area contributed by atoms with Gasteiger partial charge in [-0.1, -0.05) is 18.2 Å². The van der Waals surface area contributed by atoms with E-state index < -0.39 is 96.6 Å². The summed E-state index contributed by atoms with van der Waals surface area (Å²) in [5, 5.41) is 0.889. The Hall–Kier alpha value is -3.20. The van der Waals surface area contributed by atoms with E-state index in [2.05, 4.69) is 15.0 Å². The van der Waals surface area contributed by atoms with Crippen molar-refractivity contribution in [2.45, 2.75) is 62.0 Å². The Morgan fingerprint density at radius 1 is 1.02 bits per heavy atom. The predicted octanol–water partition coefficient (Wildman–Crippen LogP) is 2.90. The van der Waals surface area contributed by atoms with Crippen molar-refractivity contribution in [2.24, 2.45) is 0 Å². The lowest BCUT2D eigenvalue weighted by Crippen LogP contribution is -2.38. The van der Waals surface area contributed by atoms with Crippen molar-refractivity contribution in [1.82, 2.24) is 24.1 Å². The quantitative estimate of drug-likeness (QED) is 0.216. The van der Waals surface area contributed by atoms with Crippen LogP contribution in [0.5, 0.6) is 0 Å². The molecule has 49 heavy (non-hydrogen) atoms. The SMILES string of the molecule is Nc1nc2c(ncn2[C@@H]2O[C@@H]3COP(=O)(O)OC4C[C@H](n5ccc6ccccc65)O[C@@H]4COP(=O)(O)OC2C3OCCC(F)(F)F)c(=O)[nH]1. The van der Waals surface area contributed by atoms with Crippen LogP contribution in [0.2, 0.25) is 0 Å². The topological polar surface area (TPSA) is 234 Å². The zero-order valence-corrected chi connectivity index (χ0v) is 26.8. The lowest BCUT2D eigenvalue weighted by molar-refractivity contribution is -0.155. The number of nitrogens with one attached hydrogen (secondary N) is 1. The Balaban J connectivity index is 1.21. The highest BCUT2D eigenvalue weighted by Gasteiger charge is 2.53. The van der Waals surface area contributed by atoms with Crippen molar-refractivity contribution >= 4 is 43.7 Å². The summed E-state index contributed by atoms with van der Waals surface area (Å²) in [6, 6.07) is 9.21. The van der Waals surface area contributed by atoms with Crippen molar-refractivity contribution in [3.05, 3.63) is 53.2 Å². The van der Waals surface area contributed by atoms with Crippen molar-refractivity contribution in [1.29, 1.82) is 0 Å². The molecule has 1 aromatic carbocycles. The van der Waals surface area contributed by atoms with E-state index in [1.165, 1.54) is 0 Å². The highest BCUT2D eigenvalue weighted by Crippen LogP contribution is 2.54. The molecule has 3 saturated heterocycles. The van der Waals surface area contributed by atoms with Crippen LogP contribution >= 0.6 is 15.6 Å². The number of halogens is 3. The van der Waals surface area contributed by atoms with Crippen LogP contribution in [0.3, 0.4) is 0 Å². The first-order valence-corrected chi connectivity index (χ1v) is 17.7. The molecule has 23 heteroatoms. The summed E-state index contributed by atoms with van der Waals surface area (Å²) in [7, 11) is -10.1. The van der Waals surface area contributed by atoms with Gasteiger partial charge in [-0.05, 0) is 17.5 Å². The smallest absolute Gasteiger partial charge is 0.372 e. The minimum absolute atomic E-state index is 0.00598. The molecule has 0 saturated carbocycles. The van der Waals surface area contributed by atoms with Gasteiger partial charge in [0.2, 0.25) is 5.95 Å². The van der Waals surface area contributed by atoms with Gasteiger partial charge in [-0.3, -0.25) is 32.4 Å². The van der Waals surface area contributed by atoms with E-state index in [1.807, 2.05) is 30.3 Å². The summed E-state index contributed by atoms with van der Waals surface area (Å²) in [5.74, 6) is -0.332. The number of phosphoric ester groups is 2. The van der Waals surface area contributed by atoms with Gasteiger partial charge in [-0.25, -0.2) is 14.1 Å². The first kappa shape index (κ1) is 34.3. The molecule has 3 fully saturated rings. The van der Waals surface area contributed by atoms with Crippen LogP contribution in [-0.4, -0.2) is 90.4 Å². The summed E-state index contributed by atoms with van der Waals surface area (Å²) in [4.78, 5) is 44.4. The van der Waals surface area contributed by atoms with Gasteiger partial charge in [0.1, 0.15) is 36.7 Å². The maximum absolute atomic E-state index is 13.5. The molecule has 5 N–H and O–H groups in total. The highest BCUT2D eigenvalue weighted by molar-refractivity contribution is 7.47. The number of ether oxygens (including phenoxy) is 3. The molecule has 2 bridgehead atoms. The van der Waals surface area contributed by atoms with E-state index in [4.69, 9.17) is 38.0 Å². The number of nitrogens with zero attached hydrogens (tertiary/aromatic N) is 4. The zero-order valence-electron chi connectivity index (χ0n) is 25.0. The van der Waals surface area contributed by atoms with Crippen molar-refractivity contribution in [3.8, 4) is 0 Å². The van der Waals surface area contributed by atoms with Crippen LogP contribution in [0.4, 0.5) is 19.1 Å². The number of benzene rings is 1. The Morgan fingerprint density at radius 3 is 2.53 bits per heavy atom. The number of alkyl halides is 3. The van der Waals surface area contributed by atoms with Gasteiger partial charge in [0.15, 0.2) is 17.4 Å². The molecule has 0 radical (unpaired) electrons. The number of fused-ring (bicyclic) bond motifs is 5. The molecule has 0 aliphatic carbocycles. The Morgan fingerprint density at radius 2 is 1.76 bits per heavy atom. The van der Waals surface area contributed by atoms with Crippen LogP contribution in [0.25, 0.3) is 22.1 Å². The minimum atomic E-state index is -5.16. The van der Waals surface area contributed by atoms with Crippen molar-refractivity contribution in [3.63, 3.8) is 0 Å². The van der Waals surface area contributed by atoms with Crippen molar-refractivity contribution < 1.29 is 64.4 Å². The lowest BCUT2D eigenvalue weighted by atomic mass is 10.1. The third kappa shape index (κ3) is 7.19. The summed E-state index contributed by atoms with van der Waals surface area (Å²) in [5.41, 5.74) is 5.31. The minimum Gasteiger partial charge on any atom is -0.372 e. The maximum atomic E-state index is 13.5. The van der Waals surface area contributed by atoms with E-state index in [-0.39, 0.29) is 23.5 Å². The number of para-hydroxylation sites is 1. The van der Waals surface area contributed by atoms with Crippen LogP contribution in [0.1, 0.15) is 25.3 Å². The van der Waals surface area contributed by atoms with E-state index in [9.17, 15) is 36.9 Å². The van der Waals surface area contributed by atoms with Crippen LogP contribution in [0, 0.1) is 0 Å². The Labute approximate surface area is 273 Å². The molecule has 3 aliphatic heterocycles. The van der Waals surface area contributed by atoms with Gasteiger partial charge in [0, 0.05) is 12.6 Å². The largest absolute Gasteiger partial charge is 0.472 e. The first-order valence-electron chi connectivity index (χ1n) is 14.7. The average Bonchev–Trinajstić information content (AvgIpc) is 3.79. The summed E-state index contributed by atoms with van der Waals surface area (Å²) < 4.78 is 108. The molecule has 3 aromatic heterocycles. The van der Waals surface area contributed by atoms with Gasteiger partial charge in [-0.15, -0.1) is 0 Å².